The van der Waals surface area contributed by atoms with Crippen molar-refractivity contribution >= 4 is 17.3 Å². The van der Waals surface area contributed by atoms with Crippen molar-refractivity contribution in [1.82, 2.24) is 4.98 Å². The van der Waals surface area contributed by atoms with Gasteiger partial charge < -0.3 is 20.2 Å². The Morgan fingerprint density at radius 1 is 1.00 bits per heavy atom. The van der Waals surface area contributed by atoms with E-state index in [9.17, 15) is 0 Å². The van der Waals surface area contributed by atoms with Crippen LogP contribution in [0.15, 0.2) is 30.5 Å². The van der Waals surface area contributed by atoms with Crippen LogP contribution in [-0.2, 0) is 9.53 Å². The van der Waals surface area contributed by atoms with Gasteiger partial charge in [-0.2, -0.15) is 0 Å². The van der Waals surface area contributed by atoms with E-state index >= 15 is 0 Å². The molecule has 1 aromatic carbocycles. The van der Waals surface area contributed by atoms with E-state index in [1.165, 1.54) is 56.8 Å². The molecule has 0 unspecified atom stereocenters. The standard InChI is InChI=1S/C9H9NO.C6H12.C4H8O.CH3NO/c1-11-8-2-3-9-7(6-8)4-5-10-9;1-2-4-6-5-3-1;1-2-4-5-3-1;2-1-3/h2-6,10H,1H3;1-6H2;1-4H2;1H,(H2,2,3). The van der Waals surface area contributed by atoms with E-state index in [2.05, 4.69) is 10.7 Å². The molecule has 2 fully saturated rings. The van der Waals surface area contributed by atoms with Gasteiger partial charge in [-0.05, 0) is 37.1 Å². The molecule has 0 bridgehead atoms. The van der Waals surface area contributed by atoms with Gasteiger partial charge in [0.1, 0.15) is 5.75 Å². The average Bonchev–Trinajstić information content (AvgIpc) is 3.38. The van der Waals surface area contributed by atoms with Crippen LogP contribution < -0.4 is 10.5 Å². The molecule has 1 aliphatic heterocycles. The first-order valence-corrected chi connectivity index (χ1v) is 9.16. The number of H-pyrrole nitrogens is 1. The van der Waals surface area contributed by atoms with Gasteiger partial charge in [0, 0.05) is 30.3 Å². The van der Waals surface area contributed by atoms with Gasteiger partial charge in [0.2, 0.25) is 6.41 Å². The van der Waals surface area contributed by atoms with E-state index in [-0.39, 0.29) is 6.41 Å². The zero-order chi connectivity index (χ0) is 18.2. The molecular weight excluding hydrogens is 316 g/mol. The predicted octanol–water partition coefficient (Wildman–Crippen LogP) is 4.42. The molecule has 1 aliphatic carbocycles. The number of benzene rings is 1. The van der Waals surface area contributed by atoms with Crippen molar-refractivity contribution in [3.05, 3.63) is 30.5 Å². The Balaban J connectivity index is 0.000000189. The van der Waals surface area contributed by atoms with E-state index in [0.29, 0.717) is 0 Å². The summed E-state index contributed by atoms with van der Waals surface area (Å²) < 4.78 is 10.0. The number of nitrogens with two attached hydrogens (primary N) is 1. The third kappa shape index (κ3) is 9.77. The molecule has 1 saturated carbocycles. The highest BCUT2D eigenvalue weighted by Crippen LogP contribution is 2.18. The summed E-state index contributed by atoms with van der Waals surface area (Å²) in [5.74, 6) is 0.900. The number of hydrogen-bond donors (Lipinski definition) is 2. The number of ether oxygens (including phenoxy) is 2. The van der Waals surface area contributed by atoms with Crippen LogP contribution in [0.3, 0.4) is 0 Å². The summed E-state index contributed by atoms with van der Waals surface area (Å²) in [6.07, 6.45) is 13.7. The van der Waals surface area contributed by atoms with Gasteiger partial charge in [0.15, 0.2) is 0 Å². The minimum atomic E-state index is 0.250. The van der Waals surface area contributed by atoms with E-state index in [4.69, 9.17) is 14.3 Å². The maximum atomic E-state index is 8.58. The molecule has 1 aromatic heterocycles. The number of primary amides is 1. The van der Waals surface area contributed by atoms with Crippen molar-refractivity contribution in [3.63, 3.8) is 0 Å². The molecule has 0 spiro atoms. The Hall–Kier alpha value is -2.01. The number of aromatic nitrogens is 1. The third-order valence-electron chi connectivity index (χ3n) is 4.09. The SMILES string of the molecule is C1CCCCC1.C1CCOC1.COc1ccc2[nH]ccc2c1.NC=O. The van der Waals surface area contributed by atoms with E-state index < -0.39 is 0 Å². The fourth-order valence-corrected chi connectivity index (χ4v) is 2.73. The Morgan fingerprint density at radius 3 is 2.00 bits per heavy atom. The predicted molar refractivity (Wildman–Crippen MR) is 103 cm³/mol. The lowest BCUT2D eigenvalue weighted by molar-refractivity contribution is -0.106. The normalized spacial score (nSPS) is 15.6. The summed E-state index contributed by atoms with van der Waals surface area (Å²) in [4.78, 5) is 11.7. The van der Waals surface area contributed by atoms with Crippen LogP contribution in [0.4, 0.5) is 0 Å². The summed E-state index contributed by atoms with van der Waals surface area (Å²) >= 11 is 0. The lowest BCUT2D eigenvalue weighted by Crippen LogP contribution is -1.85. The zero-order valence-electron chi connectivity index (χ0n) is 15.3. The molecule has 5 heteroatoms. The molecule has 4 rings (SSSR count). The summed E-state index contributed by atoms with van der Waals surface area (Å²) in [7, 11) is 1.67. The molecule has 2 heterocycles. The highest BCUT2D eigenvalue weighted by atomic mass is 16.5. The van der Waals surface area contributed by atoms with Crippen LogP contribution in [0.25, 0.3) is 10.9 Å². The van der Waals surface area contributed by atoms with E-state index in [1.54, 1.807) is 7.11 Å². The third-order valence-corrected chi connectivity index (χ3v) is 4.09. The number of aromatic amines is 1. The van der Waals surface area contributed by atoms with Gasteiger partial charge in [-0.15, -0.1) is 0 Å². The first kappa shape index (κ1) is 21.0. The first-order valence-electron chi connectivity index (χ1n) is 9.16. The fourth-order valence-electron chi connectivity index (χ4n) is 2.73. The zero-order valence-corrected chi connectivity index (χ0v) is 15.3. The molecular formula is C20H32N2O3. The van der Waals surface area contributed by atoms with Crippen molar-refractivity contribution in [2.24, 2.45) is 5.73 Å². The van der Waals surface area contributed by atoms with Crippen LogP contribution in [0.5, 0.6) is 5.75 Å². The Bertz CT molecular complexity index is 542. The maximum absolute atomic E-state index is 8.58. The number of rotatable bonds is 1. The molecule has 1 amide bonds. The van der Waals surface area contributed by atoms with Crippen molar-refractivity contribution < 1.29 is 14.3 Å². The highest BCUT2D eigenvalue weighted by molar-refractivity contribution is 5.80. The minimum absolute atomic E-state index is 0.250. The topological polar surface area (TPSA) is 77.3 Å². The number of carbonyl (C=O) groups excluding carboxylic acids is 1. The van der Waals surface area contributed by atoms with Gasteiger partial charge in [-0.25, -0.2) is 0 Å². The average molecular weight is 348 g/mol. The van der Waals surface area contributed by atoms with E-state index in [1.807, 2.05) is 30.5 Å². The second kappa shape index (κ2) is 14.3. The Kier molecular flexibility index (Phi) is 12.1. The number of carbonyl (C=O) groups is 1. The maximum Gasteiger partial charge on any atom is 0.204 e. The monoisotopic (exact) mass is 348 g/mol. The first-order chi connectivity index (χ1) is 12.3. The van der Waals surface area contributed by atoms with Crippen LogP contribution in [-0.4, -0.2) is 31.7 Å². The molecule has 2 aromatic rings. The molecule has 3 N–H and O–H groups in total. The molecule has 5 nitrogen and oxygen atoms in total. The smallest absolute Gasteiger partial charge is 0.204 e. The van der Waals surface area contributed by atoms with Gasteiger partial charge in [0.25, 0.3) is 0 Å². The molecule has 2 aliphatic rings. The van der Waals surface area contributed by atoms with E-state index in [0.717, 1.165) is 24.5 Å². The van der Waals surface area contributed by atoms with Crippen molar-refractivity contribution in [3.8, 4) is 5.75 Å². The van der Waals surface area contributed by atoms with Crippen molar-refractivity contribution in [1.29, 1.82) is 0 Å². The Morgan fingerprint density at radius 2 is 1.56 bits per heavy atom. The van der Waals surface area contributed by atoms with Crippen LogP contribution in [0, 0.1) is 0 Å². The second-order valence-corrected chi connectivity index (χ2v) is 6.01. The van der Waals surface area contributed by atoms with Crippen LogP contribution >= 0.6 is 0 Å². The number of nitrogens with one attached hydrogen (secondary N) is 1. The van der Waals surface area contributed by atoms with Gasteiger partial charge in [-0.1, -0.05) is 38.5 Å². The summed E-state index contributed by atoms with van der Waals surface area (Å²) in [5.41, 5.74) is 5.31. The van der Waals surface area contributed by atoms with Gasteiger partial charge >= 0.3 is 0 Å². The lowest BCUT2D eigenvalue weighted by atomic mass is 10.0. The van der Waals surface area contributed by atoms with Crippen molar-refractivity contribution in [2.75, 3.05) is 20.3 Å². The Labute approximate surface area is 150 Å². The number of methoxy groups -OCH3 is 1. The minimum Gasteiger partial charge on any atom is -0.497 e. The molecule has 140 valence electrons. The molecule has 0 radical (unpaired) electrons. The number of fused-ring (bicyclic) bond motifs is 1. The van der Waals surface area contributed by atoms with Gasteiger partial charge in [0.05, 0.1) is 7.11 Å². The van der Waals surface area contributed by atoms with Crippen molar-refractivity contribution in [2.45, 2.75) is 51.4 Å². The number of hydrogen-bond acceptors (Lipinski definition) is 3. The molecule has 25 heavy (non-hydrogen) atoms. The molecule has 1 saturated heterocycles. The summed E-state index contributed by atoms with van der Waals surface area (Å²) in [5, 5.41) is 1.18. The van der Waals surface area contributed by atoms with Crippen LogP contribution in [0.2, 0.25) is 0 Å². The fraction of sp³-hybridized carbons (Fsp3) is 0.550. The molecule has 0 atom stereocenters. The number of amides is 1. The largest absolute Gasteiger partial charge is 0.497 e. The second-order valence-electron chi connectivity index (χ2n) is 6.01. The van der Waals surface area contributed by atoms with Crippen LogP contribution in [0.1, 0.15) is 51.4 Å². The summed E-state index contributed by atoms with van der Waals surface area (Å²) in [6.45, 7) is 2.00. The summed E-state index contributed by atoms with van der Waals surface area (Å²) in [6, 6.07) is 7.98. The van der Waals surface area contributed by atoms with Gasteiger partial charge in [-0.3, -0.25) is 4.79 Å². The quantitative estimate of drug-likeness (QED) is 0.749. The lowest BCUT2D eigenvalue weighted by Gasteiger charge is -2.05. The highest BCUT2D eigenvalue weighted by Gasteiger charge is 1.96.